The molecule has 1 saturated heterocycles. The number of likely N-dealkylation sites (tertiary alicyclic amines) is 1. The molecule has 0 radical (unpaired) electrons. The Kier molecular flexibility index (Phi) is 7.81. The van der Waals surface area contributed by atoms with Crippen LogP contribution in [0.3, 0.4) is 0 Å². The standard InChI is InChI=1S/C31H39N5/c1-23-33-31(15-18-32)34-36(23)30-13-7-26(8-14-30)21-24-3-9-28(10-4-24)29-11-5-25(6-12-29)22-27-16-19-35(2)20-17-27/h3-14,27,31,34H,15-22,32H2,1-2H3. The Labute approximate surface area is 216 Å². The Morgan fingerprint density at radius 2 is 1.39 bits per heavy atom. The van der Waals surface area contributed by atoms with E-state index in [0.29, 0.717) is 6.54 Å². The number of benzene rings is 3. The van der Waals surface area contributed by atoms with Gasteiger partial charge in [0.05, 0.1) is 5.69 Å². The number of rotatable bonds is 8. The molecule has 2 aliphatic rings. The summed E-state index contributed by atoms with van der Waals surface area (Å²) < 4.78 is 0. The zero-order valence-corrected chi connectivity index (χ0v) is 21.7. The topological polar surface area (TPSA) is 56.9 Å². The normalized spacial score (nSPS) is 19.0. The molecule has 1 unspecified atom stereocenters. The molecule has 3 N–H and O–H groups in total. The number of aliphatic imine (C=N–C) groups is 1. The van der Waals surface area contributed by atoms with E-state index in [4.69, 9.17) is 5.73 Å². The Bertz CT molecular complexity index is 1140. The van der Waals surface area contributed by atoms with Gasteiger partial charge >= 0.3 is 0 Å². The first-order valence-electron chi connectivity index (χ1n) is 13.3. The van der Waals surface area contributed by atoms with Gasteiger partial charge < -0.3 is 10.6 Å². The summed E-state index contributed by atoms with van der Waals surface area (Å²) in [7, 11) is 2.23. The summed E-state index contributed by atoms with van der Waals surface area (Å²) in [6.45, 7) is 5.13. The zero-order chi connectivity index (χ0) is 24.9. The highest BCUT2D eigenvalue weighted by molar-refractivity contribution is 5.96. The van der Waals surface area contributed by atoms with Crippen molar-refractivity contribution < 1.29 is 0 Å². The fourth-order valence-corrected chi connectivity index (χ4v) is 5.35. The van der Waals surface area contributed by atoms with Gasteiger partial charge in [-0.1, -0.05) is 60.7 Å². The molecular formula is C31H39N5. The average Bonchev–Trinajstić information content (AvgIpc) is 3.27. The molecule has 188 valence electrons. The lowest BCUT2D eigenvalue weighted by Crippen LogP contribution is -2.40. The van der Waals surface area contributed by atoms with E-state index in [-0.39, 0.29) is 6.17 Å². The summed E-state index contributed by atoms with van der Waals surface area (Å²) >= 11 is 0. The van der Waals surface area contributed by atoms with Crippen LogP contribution >= 0.6 is 0 Å². The summed E-state index contributed by atoms with van der Waals surface area (Å²) in [6, 6.07) is 27.0. The maximum atomic E-state index is 5.69. The van der Waals surface area contributed by atoms with Crippen molar-refractivity contribution in [3.8, 4) is 11.1 Å². The van der Waals surface area contributed by atoms with E-state index in [1.165, 1.54) is 60.2 Å². The molecule has 0 saturated carbocycles. The van der Waals surface area contributed by atoms with Crippen molar-refractivity contribution in [2.45, 2.75) is 45.2 Å². The molecule has 5 rings (SSSR count). The van der Waals surface area contributed by atoms with Gasteiger partial charge in [-0.25, -0.2) is 5.43 Å². The van der Waals surface area contributed by atoms with Crippen molar-refractivity contribution in [3.63, 3.8) is 0 Å². The molecule has 36 heavy (non-hydrogen) atoms. The van der Waals surface area contributed by atoms with Crippen LogP contribution in [-0.4, -0.2) is 43.6 Å². The van der Waals surface area contributed by atoms with Crippen LogP contribution in [-0.2, 0) is 12.8 Å². The molecule has 0 amide bonds. The number of nitrogens with one attached hydrogen (secondary N) is 1. The zero-order valence-electron chi connectivity index (χ0n) is 21.7. The fraction of sp³-hybridized carbons (Fsp3) is 0.387. The second-order valence-electron chi connectivity index (χ2n) is 10.4. The number of nitrogens with two attached hydrogens (primary N) is 1. The minimum atomic E-state index is 0.0728. The Morgan fingerprint density at radius 1 is 0.833 bits per heavy atom. The predicted molar refractivity (Wildman–Crippen MR) is 151 cm³/mol. The third-order valence-electron chi connectivity index (χ3n) is 7.59. The van der Waals surface area contributed by atoms with Crippen molar-refractivity contribution in [2.75, 3.05) is 31.7 Å². The lowest BCUT2D eigenvalue weighted by Gasteiger charge is -2.29. The predicted octanol–water partition coefficient (Wildman–Crippen LogP) is 5.25. The van der Waals surface area contributed by atoms with Crippen molar-refractivity contribution in [2.24, 2.45) is 16.6 Å². The maximum absolute atomic E-state index is 5.69. The molecular weight excluding hydrogens is 442 g/mol. The third kappa shape index (κ3) is 6.04. The van der Waals surface area contributed by atoms with Crippen molar-refractivity contribution >= 4 is 11.5 Å². The van der Waals surface area contributed by atoms with Crippen LogP contribution in [0.15, 0.2) is 77.8 Å². The summed E-state index contributed by atoms with van der Waals surface area (Å²) in [5.74, 6) is 1.81. The van der Waals surface area contributed by atoms with E-state index in [1.807, 2.05) is 6.92 Å². The molecule has 5 heteroatoms. The van der Waals surface area contributed by atoms with Crippen molar-refractivity contribution in [1.29, 1.82) is 0 Å². The lowest BCUT2D eigenvalue weighted by molar-refractivity contribution is 0.219. The molecule has 2 aliphatic heterocycles. The molecule has 1 fully saturated rings. The molecule has 5 nitrogen and oxygen atoms in total. The van der Waals surface area contributed by atoms with Gasteiger partial charge in [-0.2, -0.15) is 0 Å². The summed E-state index contributed by atoms with van der Waals surface area (Å²) in [5, 5.41) is 2.05. The Hall–Kier alpha value is -2.99. The highest BCUT2D eigenvalue weighted by Gasteiger charge is 2.22. The SMILES string of the molecule is CC1=NC(CCN)NN1c1ccc(Cc2ccc(-c3ccc(CC4CCN(C)CC4)cc3)cc2)cc1. The highest BCUT2D eigenvalue weighted by Crippen LogP contribution is 2.25. The van der Waals surface area contributed by atoms with Gasteiger partial charge in [0.1, 0.15) is 12.0 Å². The van der Waals surface area contributed by atoms with Gasteiger partial charge in [0.15, 0.2) is 0 Å². The Morgan fingerprint density at radius 3 is 1.97 bits per heavy atom. The molecule has 0 bridgehead atoms. The molecule has 3 aromatic carbocycles. The van der Waals surface area contributed by atoms with Crippen LogP contribution in [0, 0.1) is 5.92 Å². The molecule has 0 aliphatic carbocycles. The minimum absolute atomic E-state index is 0.0728. The van der Waals surface area contributed by atoms with Crippen LogP contribution in [0.25, 0.3) is 11.1 Å². The number of nitrogens with zero attached hydrogens (tertiary/aromatic N) is 3. The minimum Gasteiger partial charge on any atom is -0.330 e. The Balaban J connectivity index is 1.16. The van der Waals surface area contributed by atoms with Gasteiger partial charge in [-0.3, -0.25) is 10.0 Å². The summed E-state index contributed by atoms with van der Waals surface area (Å²) in [4.78, 5) is 7.09. The maximum Gasteiger partial charge on any atom is 0.120 e. The third-order valence-corrected chi connectivity index (χ3v) is 7.59. The number of hydrogen-bond acceptors (Lipinski definition) is 5. The van der Waals surface area contributed by atoms with E-state index in [9.17, 15) is 0 Å². The molecule has 1 atom stereocenters. The van der Waals surface area contributed by atoms with Gasteiger partial charge in [-0.05, 0) is 112 Å². The smallest absolute Gasteiger partial charge is 0.120 e. The number of amidine groups is 1. The van der Waals surface area contributed by atoms with Crippen LogP contribution < -0.4 is 16.2 Å². The quantitative estimate of drug-likeness (QED) is 0.462. The first-order valence-corrected chi connectivity index (χ1v) is 13.3. The van der Waals surface area contributed by atoms with Gasteiger partial charge in [0, 0.05) is 0 Å². The summed E-state index contributed by atoms with van der Waals surface area (Å²) in [6.07, 6.45) is 5.68. The largest absolute Gasteiger partial charge is 0.330 e. The number of anilines is 1. The van der Waals surface area contributed by atoms with Crippen molar-refractivity contribution in [1.82, 2.24) is 10.3 Å². The number of piperidine rings is 1. The van der Waals surface area contributed by atoms with Gasteiger partial charge in [0.2, 0.25) is 0 Å². The second kappa shape index (κ2) is 11.4. The van der Waals surface area contributed by atoms with Crippen LogP contribution in [0.2, 0.25) is 0 Å². The first-order chi connectivity index (χ1) is 17.6. The summed E-state index contributed by atoms with van der Waals surface area (Å²) in [5.41, 5.74) is 16.9. The van der Waals surface area contributed by atoms with E-state index >= 15 is 0 Å². The van der Waals surface area contributed by atoms with Gasteiger partial charge in [0.25, 0.3) is 0 Å². The second-order valence-corrected chi connectivity index (χ2v) is 10.4. The number of hydrazine groups is 1. The van der Waals surface area contributed by atoms with Crippen molar-refractivity contribution in [3.05, 3.63) is 89.5 Å². The lowest BCUT2D eigenvalue weighted by atomic mass is 9.90. The van der Waals surface area contributed by atoms with E-state index < -0.39 is 0 Å². The van der Waals surface area contributed by atoms with E-state index in [0.717, 1.165) is 30.3 Å². The first kappa shape index (κ1) is 24.7. The van der Waals surface area contributed by atoms with E-state index in [1.54, 1.807) is 0 Å². The molecule has 3 aromatic rings. The molecule has 0 aromatic heterocycles. The number of hydrogen-bond donors (Lipinski definition) is 2. The van der Waals surface area contributed by atoms with Crippen LogP contribution in [0.1, 0.15) is 42.9 Å². The molecule has 2 heterocycles. The van der Waals surface area contributed by atoms with Crippen LogP contribution in [0.4, 0.5) is 5.69 Å². The van der Waals surface area contributed by atoms with Gasteiger partial charge in [-0.15, -0.1) is 0 Å². The average molecular weight is 482 g/mol. The highest BCUT2D eigenvalue weighted by atomic mass is 15.6. The van der Waals surface area contributed by atoms with E-state index in [2.05, 4.69) is 100 Å². The monoisotopic (exact) mass is 481 g/mol. The van der Waals surface area contributed by atoms with Crippen LogP contribution in [0.5, 0.6) is 0 Å². The fourth-order valence-electron chi connectivity index (χ4n) is 5.35. The molecule has 0 spiro atoms.